The fourth-order valence-electron chi connectivity index (χ4n) is 2.78. The number of carbonyl (C=O) groups is 1. The minimum atomic E-state index is -1.84. The Morgan fingerprint density at radius 1 is 1.25 bits per heavy atom. The lowest BCUT2D eigenvalue weighted by Crippen LogP contribution is -2.44. The average molecular weight is 349 g/mol. The first-order valence-electron chi connectivity index (χ1n) is 8.98. The number of benzene rings is 1. The summed E-state index contributed by atoms with van der Waals surface area (Å²) >= 11 is 0. The third-order valence-electron chi connectivity index (χ3n) is 5.48. The molecule has 1 aliphatic carbocycles. The standard InChI is InChI=1S/C20H32O3Si/c1-20(2,3)24(4,5)23-19(11-12-21)18-13-17(18)15-22-14-16-9-7-6-8-10-16/h6-10,12,17-19H,11,13-15H2,1-5H3/t17-,18-,19-/m1/s1. The molecule has 1 aromatic rings. The van der Waals surface area contributed by atoms with Crippen molar-refractivity contribution in [2.75, 3.05) is 6.61 Å². The van der Waals surface area contributed by atoms with Gasteiger partial charge in [-0.1, -0.05) is 51.1 Å². The first-order chi connectivity index (χ1) is 11.2. The molecule has 1 aliphatic rings. The highest BCUT2D eigenvalue weighted by Crippen LogP contribution is 2.46. The Kier molecular flexibility index (Phi) is 6.40. The second kappa shape index (κ2) is 7.94. The van der Waals surface area contributed by atoms with Gasteiger partial charge < -0.3 is 14.0 Å². The highest BCUT2D eigenvalue weighted by atomic mass is 28.4. The van der Waals surface area contributed by atoms with Crippen molar-refractivity contribution in [2.45, 2.75) is 64.5 Å². The molecule has 0 aromatic heterocycles. The van der Waals surface area contributed by atoms with E-state index in [1.165, 1.54) is 5.56 Å². The molecule has 1 fully saturated rings. The summed E-state index contributed by atoms with van der Waals surface area (Å²) in [7, 11) is -1.84. The molecule has 0 bridgehead atoms. The van der Waals surface area contributed by atoms with E-state index >= 15 is 0 Å². The van der Waals surface area contributed by atoms with Crippen molar-refractivity contribution in [2.24, 2.45) is 11.8 Å². The van der Waals surface area contributed by atoms with Gasteiger partial charge in [-0.15, -0.1) is 0 Å². The molecule has 0 heterocycles. The largest absolute Gasteiger partial charge is 0.413 e. The number of aldehydes is 1. The molecule has 1 saturated carbocycles. The van der Waals surface area contributed by atoms with E-state index in [2.05, 4.69) is 46.0 Å². The molecule has 0 saturated heterocycles. The molecule has 0 spiro atoms. The predicted octanol–water partition coefficient (Wildman–Crippen LogP) is 4.82. The van der Waals surface area contributed by atoms with E-state index in [0.717, 1.165) is 19.3 Å². The van der Waals surface area contributed by atoms with Gasteiger partial charge in [0.15, 0.2) is 8.32 Å². The molecular formula is C20H32O3Si. The van der Waals surface area contributed by atoms with Gasteiger partial charge in [-0.25, -0.2) is 0 Å². The summed E-state index contributed by atoms with van der Waals surface area (Å²) in [5.41, 5.74) is 1.21. The molecule has 0 aliphatic heterocycles. The quantitative estimate of drug-likeness (QED) is 0.474. The zero-order valence-electron chi connectivity index (χ0n) is 15.7. The molecule has 0 unspecified atom stereocenters. The van der Waals surface area contributed by atoms with Crippen molar-refractivity contribution < 1.29 is 14.0 Å². The number of hydrogen-bond donors (Lipinski definition) is 0. The third-order valence-corrected chi connectivity index (χ3v) is 9.98. The summed E-state index contributed by atoms with van der Waals surface area (Å²) < 4.78 is 12.4. The van der Waals surface area contributed by atoms with E-state index in [9.17, 15) is 4.79 Å². The molecule has 3 nitrogen and oxygen atoms in total. The van der Waals surface area contributed by atoms with E-state index in [-0.39, 0.29) is 11.1 Å². The van der Waals surface area contributed by atoms with Crippen LogP contribution in [0.15, 0.2) is 30.3 Å². The number of carbonyl (C=O) groups excluding carboxylic acids is 1. The Bertz CT molecular complexity index is 521. The summed E-state index contributed by atoms with van der Waals surface area (Å²) in [5, 5.41) is 0.169. The first-order valence-corrected chi connectivity index (χ1v) is 11.9. The van der Waals surface area contributed by atoms with Gasteiger partial charge in [0.05, 0.1) is 19.3 Å². The average Bonchev–Trinajstić information content (AvgIpc) is 3.26. The van der Waals surface area contributed by atoms with Gasteiger partial charge in [-0.2, -0.15) is 0 Å². The van der Waals surface area contributed by atoms with Gasteiger partial charge in [-0.3, -0.25) is 0 Å². The predicted molar refractivity (Wildman–Crippen MR) is 100 cm³/mol. The van der Waals surface area contributed by atoms with Crippen LogP contribution >= 0.6 is 0 Å². The Labute approximate surface area is 147 Å². The SMILES string of the molecule is CC(C)(C)[Si](C)(C)O[C@H](CC=O)[C@@H]1C[C@@H]1COCc1ccccc1. The van der Waals surface area contributed by atoms with Crippen molar-refractivity contribution in [3.8, 4) is 0 Å². The normalized spacial score (nSPS) is 22.2. The second-order valence-electron chi connectivity index (χ2n) is 8.48. The summed E-state index contributed by atoms with van der Waals surface area (Å²) in [6, 6.07) is 10.3. The topological polar surface area (TPSA) is 35.5 Å². The maximum atomic E-state index is 11.1. The summed E-state index contributed by atoms with van der Waals surface area (Å²) in [6.07, 6.45) is 2.69. The minimum Gasteiger partial charge on any atom is -0.413 e. The number of ether oxygens (including phenoxy) is 1. The second-order valence-corrected chi connectivity index (χ2v) is 13.2. The zero-order chi connectivity index (χ0) is 17.8. The Hall–Kier alpha value is -0.973. The van der Waals surface area contributed by atoms with Gasteiger partial charge >= 0.3 is 0 Å². The molecule has 4 heteroatoms. The third kappa shape index (κ3) is 5.26. The van der Waals surface area contributed by atoms with Crippen molar-refractivity contribution in [1.82, 2.24) is 0 Å². The zero-order valence-corrected chi connectivity index (χ0v) is 16.7. The summed E-state index contributed by atoms with van der Waals surface area (Å²) in [6.45, 7) is 12.7. The van der Waals surface area contributed by atoms with Crippen LogP contribution in [0.2, 0.25) is 18.1 Å². The van der Waals surface area contributed by atoms with Crippen molar-refractivity contribution >= 4 is 14.6 Å². The van der Waals surface area contributed by atoms with Gasteiger partial charge in [0, 0.05) is 6.42 Å². The van der Waals surface area contributed by atoms with Crippen molar-refractivity contribution in [3.63, 3.8) is 0 Å². The Balaban J connectivity index is 1.82. The van der Waals surface area contributed by atoms with Crippen LogP contribution in [0.4, 0.5) is 0 Å². The van der Waals surface area contributed by atoms with E-state index < -0.39 is 8.32 Å². The van der Waals surface area contributed by atoms with Crippen molar-refractivity contribution in [3.05, 3.63) is 35.9 Å². The molecule has 134 valence electrons. The smallest absolute Gasteiger partial charge is 0.192 e. The lowest BCUT2D eigenvalue weighted by molar-refractivity contribution is -0.109. The lowest BCUT2D eigenvalue weighted by Gasteiger charge is -2.39. The molecule has 2 rings (SSSR count). The number of hydrogen-bond acceptors (Lipinski definition) is 3. The fourth-order valence-corrected chi connectivity index (χ4v) is 4.16. The molecule has 0 amide bonds. The molecular weight excluding hydrogens is 316 g/mol. The Morgan fingerprint density at radius 3 is 2.50 bits per heavy atom. The van der Waals surface area contributed by atoms with E-state index in [1.54, 1.807) is 0 Å². The van der Waals surface area contributed by atoms with Crippen LogP contribution in [-0.4, -0.2) is 27.3 Å². The van der Waals surface area contributed by atoms with Gasteiger partial charge in [0.1, 0.15) is 6.29 Å². The Morgan fingerprint density at radius 2 is 1.92 bits per heavy atom. The minimum absolute atomic E-state index is 0.0636. The molecule has 0 radical (unpaired) electrons. The van der Waals surface area contributed by atoms with Gasteiger partial charge in [0.2, 0.25) is 0 Å². The monoisotopic (exact) mass is 348 g/mol. The van der Waals surface area contributed by atoms with Gasteiger partial charge in [0.25, 0.3) is 0 Å². The van der Waals surface area contributed by atoms with Crippen LogP contribution in [0.25, 0.3) is 0 Å². The highest BCUT2D eigenvalue weighted by Gasteiger charge is 2.47. The van der Waals surface area contributed by atoms with Crippen molar-refractivity contribution in [1.29, 1.82) is 0 Å². The highest BCUT2D eigenvalue weighted by molar-refractivity contribution is 6.74. The molecule has 1 aromatic carbocycles. The lowest BCUT2D eigenvalue weighted by atomic mass is 10.1. The molecule has 3 atom stereocenters. The van der Waals surface area contributed by atoms with E-state index in [0.29, 0.717) is 24.9 Å². The first kappa shape index (κ1) is 19.4. The molecule has 24 heavy (non-hydrogen) atoms. The molecule has 0 N–H and O–H groups in total. The maximum Gasteiger partial charge on any atom is 0.192 e. The van der Waals surface area contributed by atoms with Crippen LogP contribution in [0, 0.1) is 11.8 Å². The maximum absolute atomic E-state index is 11.1. The van der Waals surface area contributed by atoms with Crippen LogP contribution in [0.3, 0.4) is 0 Å². The fraction of sp³-hybridized carbons (Fsp3) is 0.650. The van der Waals surface area contributed by atoms with Crippen LogP contribution < -0.4 is 0 Å². The number of rotatable bonds is 9. The van der Waals surface area contributed by atoms with E-state index in [4.69, 9.17) is 9.16 Å². The van der Waals surface area contributed by atoms with E-state index in [1.807, 2.05) is 18.2 Å². The summed E-state index contributed by atoms with van der Waals surface area (Å²) in [4.78, 5) is 11.1. The van der Waals surface area contributed by atoms with Crippen LogP contribution in [0.5, 0.6) is 0 Å². The van der Waals surface area contributed by atoms with Crippen LogP contribution in [0.1, 0.15) is 39.2 Å². The van der Waals surface area contributed by atoms with Gasteiger partial charge in [-0.05, 0) is 42.0 Å². The van der Waals surface area contributed by atoms with Crippen LogP contribution in [-0.2, 0) is 20.6 Å². The summed E-state index contributed by atoms with van der Waals surface area (Å²) in [5.74, 6) is 1.00.